The highest BCUT2D eigenvalue weighted by Crippen LogP contribution is 2.47. The van der Waals surface area contributed by atoms with Gasteiger partial charge in [0.05, 0.1) is 38.8 Å². The van der Waals surface area contributed by atoms with Crippen molar-refractivity contribution in [1.82, 2.24) is 8.97 Å². The smallest absolute Gasteiger partial charge is 0.399 e. The van der Waals surface area contributed by atoms with Gasteiger partial charge in [0, 0.05) is 43.5 Å². The van der Waals surface area contributed by atoms with Crippen LogP contribution in [0, 0.1) is 0 Å². The maximum Gasteiger partial charge on any atom is 0.497 e. The molecule has 0 bridgehead atoms. The molecule has 0 spiro atoms. The van der Waals surface area contributed by atoms with E-state index < -0.39 is 18.3 Å². The summed E-state index contributed by atoms with van der Waals surface area (Å²) < 4.78 is 18.6. The molecule has 0 unspecified atom stereocenters. The molecule has 216 valence electrons. The van der Waals surface area contributed by atoms with Crippen LogP contribution >= 0.6 is 0 Å². The quantitative estimate of drug-likeness (QED) is 0.190. The summed E-state index contributed by atoms with van der Waals surface area (Å²) in [5, 5.41) is 10.00. The summed E-state index contributed by atoms with van der Waals surface area (Å²) in [5.41, 5.74) is 7.18. The molecule has 4 nitrogen and oxygen atoms in total. The third-order valence-corrected chi connectivity index (χ3v) is 10.7. The van der Waals surface area contributed by atoms with Crippen molar-refractivity contribution in [2.45, 2.75) is 38.9 Å². The van der Waals surface area contributed by atoms with E-state index in [9.17, 15) is 0 Å². The first-order valence-corrected chi connectivity index (χ1v) is 15.8. The van der Waals surface area contributed by atoms with Crippen LogP contribution < -0.4 is 5.46 Å². The van der Waals surface area contributed by atoms with Crippen LogP contribution in [0.1, 0.15) is 27.7 Å². The molecule has 1 fully saturated rings. The second-order valence-corrected chi connectivity index (χ2v) is 13.6. The predicted octanol–water partition coefficient (Wildman–Crippen LogP) is 9.39. The highest BCUT2D eigenvalue weighted by Gasteiger charge is 2.52. The van der Waals surface area contributed by atoms with Crippen LogP contribution in [0.25, 0.3) is 76.4 Å². The van der Waals surface area contributed by atoms with Crippen molar-refractivity contribution in [2.24, 2.45) is 0 Å². The van der Waals surface area contributed by atoms with Crippen LogP contribution in [0.5, 0.6) is 0 Å². The summed E-state index contributed by atoms with van der Waals surface area (Å²) in [6.07, 6.45) is 0. The summed E-state index contributed by atoms with van der Waals surface area (Å²) >= 11 is 0. The lowest BCUT2D eigenvalue weighted by Gasteiger charge is -2.32. The second kappa shape index (κ2) is 8.45. The van der Waals surface area contributed by atoms with Gasteiger partial charge in [0.15, 0.2) is 0 Å². The second-order valence-electron chi connectivity index (χ2n) is 13.6. The van der Waals surface area contributed by atoms with Gasteiger partial charge in [-0.15, -0.1) is 0 Å². The van der Waals surface area contributed by atoms with Crippen LogP contribution in [0.2, 0.25) is 0 Å². The average molecular weight is 583 g/mol. The van der Waals surface area contributed by atoms with Gasteiger partial charge in [-0.05, 0) is 68.8 Å². The Balaban J connectivity index is 1.56. The lowest BCUT2D eigenvalue weighted by Crippen LogP contribution is -2.41. The molecule has 1 saturated heterocycles. The first kappa shape index (κ1) is 25.5. The zero-order chi connectivity index (χ0) is 30.2. The number of rotatable bonds is 2. The van der Waals surface area contributed by atoms with Crippen molar-refractivity contribution in [1.29, 1.82) is 0 Å². The number of aromatic nitrogens is 2. The maximum atomic E-state index is 6.81. The summed E-state index contributed by atoms with van der Waals surface area (Å²) in [7, 11) is -0.519. The Bertz CT molecular complexity index is 2650. The van der Waals surface area contributed by atoms with Crippen LogP contribution in [-0.2, 0) is 9.31 Å². The Hall–Kier alpha value is -4.84. The molecule has 0 saturated carbocycles. The fourth-order valence-corrected chi connectivity index (χ4v) is 7.91. The highest BCUT2D eigenvalue weighted by atomic mass is 16.7. The third-order valence-electron chi connectivity index (χ3n) is 10.7. The molecule has 10 rings (SSSR count). The lowest BCUT2D eigenvalue weighted by atomic mass is 9.77. The minimum absolute atomic E-state index is 0.463. The van der Waals surface area contributed by atoms with Gasteiger partial charge < -0.3 is 18.3 Å². The highest BCUT2D eigenvalue weighted by molar-refractivity contribution is 6.65. The number of para-hydroxylation sites is 3. The standard InChI is InChI=1S/C40H31BN2O2/c1-39(2)40(3,4)45-41(44-39)30-21-22-32-36-35-33(42(32)25-14-6-5-7-15-25)23-24-13-8-9-16-26(24)34(35)29-19-12-18-28-27-17-10-11-20-31(27)43(37(28)29)38(30)36/h5-23H,1-4H3. The van der Waals surface area contributed by atoms with E-state index in [-0.39, 0.29) is 0 Å². The molecule has 6 aromatic carbocycles. The molecule has 0 amide bonds. The maximum absolute atomic E-state index is 6.81. The largest absolute Gasteiger partial charge is 0.497 e. The van der Waals surface area contributed by atoms with Gasteiger partial charge in [-0.2, -0.15) is 0 Å². The van der Waals surface area contributed by atoms with Crippen molar-refractivity contribution in [3.8, 4) is 5.69 Å². The zero-order valence-corrected chi connectivity index (χ0v) is 25.8. The van der Waals surface area contributed by atoms with E-state index in [0.29, 0.717) is 0 Å². The first-order valence-electron chi connectivity index (χ1n) is 15.8. The Morgan fingerprint density at radius 2 is 1.18 bits per heavy atom. The van der Waals surface area contributed by atoms with E-state index in [4.69, 9.17) is 9.31 Å². The molecule has 45 heavy (non-hydrogen) atoms. The Kier molecular flexibility index (Phi) is 4.79. The third kappa shape index (κ3) is 3.14. The number of benzene rings is 6. The number of fused-ring (bicyclic) bond motifs is 7. The minimum Gasteiger partial charge on any atom is -0.399 e. The fraction of sp³-hybridized carbons (Fsp3) is 0.150. The Labute approximate surface area is 260 Å². The van der Waals surface area contributed by atoms with Crippen LogP contribution in [0.3, 0.4) is 0 Å². The minimum atomic E-state index is -0.519. The molecule has 0 aliphatic carbocycles. The number of nitrogens with zero attached hydrogens (tertiary/aromatic N) is 2. The molecule has 0 atom stereocenters. The molecule has 4 heterocycles. The molecule has 1 aliphatic rings. The van der Waals surface area contributed by atoms with Gasteiger partial charge in [-0.25, -0.2) is 0 Å². The summed E-state index contributed by atoms with van der Waals surface area (Å²) in [4.78, 5) is 0. The van der Waals surface area contributed by atoms with Crippen molar-refractivity contribution in [3.05, 3.63) is 115 Å². The molecular weight excluding hydrogens is 551 g/mol. The van der Waals surface area contributed by atoms with Gasteiger partial charge in [-0.3, -0.25) is 0 Å². The molecule has 1 aliphatic heterocycles. The topological polar surface area (TPSA) is 27.8 Å². The van der Waals surface area contributed by atoms with Crippen molar-refractivity contribution < 1.29 is 9.31 Å². The summed E-state index contributed by atoms with van der Waals surface area (Å²) in [5.74, 6) is 0. The van der Waals surface area contributed by atoms with E-state index in [2.05, 4.69) is 152 Å². The molecule has 9 aromatic rings. The molecule has 5 heteroatoms. The van der Waals surface area contributed by atoms with Crippen molar-refractivity contribution >= 4 is 83.3 Å². The summed E-state index contributed by atoms with van der Waals surface area (Å²) in [6, 6.07) is 42.1. The number of hydrogen-bond donors (Lipinski definition) is 0. The van der Waals surface area contributed by atoms with E-state index in [0.717, 1.165) is 16.7 Å². The van der Waals surface area contributed by atoms with Crippen LogP contribution in [-0.4, -0.2) is 27.3 Å². The fourth-order valence-electron chi connectivity index (χ4n) is 7.91. The summed E-state index contributed by atoms with van der Waals surface area (Å²) in [6.45, 7) is 8.53. The van der Waals surface area contributed by atoms with Crippen molar-refractivity contribution in [2.75, 3.05) is 0 Å². The van der Waals surface area contributed by atoms with Gasteiger partial charge in [-0.1, -0.05) is 84.9 Å². The normalized spacial score (nSPS) is 16.6. The van der Waals surface area contributed by atoms with E-state index >= 15 is 0 Å². The van der Waals surface area contributed by atoms with Gasteiger partial charge >= 0.3 is 7.12 Å². The van der Waals surface area contributed by atoms with Crippen LogP contribution in [0.4, 0.5) is 0 Å². The number of hydrogen-bond acceptors (Lipinski definition) is 2. The van der Waals surface area contributed by atoms with Crippen molar-refractivity contribution in [3.63, 3.8) is 0 Å². The Morgan fingerprint density at radius 3 is 1.98 bits per heavy atom. The lowest BCUT2D eigenvalue weighted by molar-refractivity contribution is 0.00578. The van der Waals surface area contributed by atoms with Crippen LogP contribution in [0.15, 0.2) is 115 Å². The SMILES string of the molecule is CC1(C)OB(c2ccc3c4c5c(c6ccccc6cc5n3-c3ccccc3)c3cccc5c6ccccc6n(c24)c53)OC1(C)C. The molecule has 0 radical (unpaired) electrons. The van der Waals surface area contributed by atoms with Gasteiger partial charge in [0.25, 0.3) is 0 Å². The predicted molar refractivity (Wildman–Crippen MR) is 189 cm³/mol. The molecule has 3 aromatic heterocycles. The average Bonchev–Trinajstić information content (AvgIpc) is 3.59. The van der Waals surface area contributed by atoms with E-state index in [1.54, 1.807) is 0 Å². The monoisotopic (exact) mass is 582 g/mol. The Morgan fingerprint density at radius 1 is 0.511 bits per heavy atom. The molecular formula is C40H31BN2O2. The molecule has 0 N–H and O–H groups in total. The first-order chi connectivity index (χ1) is 21.8. The zero-order valence-electron chi connectivity index (χ0n) is 25.8. The van der Waals surface area contributed by atoms with E-state index in [1.807, 2.05) is 0 Å². The van der Waals surface area contributed by atoms with Gasteiger partial charge in [0.1, 0.15) is 0 Å². The van der Waals surface area contributed by atoms with E-state index in [1.165, 1.54) is 65.2 Å². The van der Waals surface area contributed by atoms with Gasteiger partial charge in [0.2, 0.25) is 0 Å².